The minimum Gasteiger partial charge on any atom is -0.381 e. The number of aryl methyl sites for hydroxylation is 1. The molecule has 98 valence electrons. The van der Waals surface area contributed by atoms with Crippen molar-refractivity contribution in [3.63, 3.8) is 0 Å². The third-order valence-electron chi connectivity index (χ3n) is 3.13. The summed E-state index contributed by atoms with van der Waals surface area (Å²) in [7, 11) is 0. The van der Waals surface area contributed by atoms with Crippen molar-refractivity contribution in [3.05, 3.63) is 18.2 Å². The van der Waals surface area contributed by atoms with E-state index in [2.05, 4.69) is 15.3 Å². The zero-order valence-corrected chi connectivity index (χ0v) is 10.4. The Kier molecular flexibility index (Phi) is 4.22. The number of carbonyl (C=O) groups is 1. The smallest absolute Gasteiger partial charge is 0.241 e. The number of anilines is 1. The zero-order valence-electron chi connectivity index (χ0n) is 10.4. The summed E-state index contributed by atoms with van der Waals surface area (Å²) in [5.41, 5.74) is 6.54. The molecule has 0 saturated carbocycles. The van der Waals surface area contributed by atoms with Gasteiger partial charge in [-0.05, 0) is 25.7 Å². The number of nitrogens with zero attached hydrogens (tertiary/aromatic N) is 2. The lowest BCUT2D eigenvalue weighted by Crippen LogP contribution is -2.44. The lowest BCUT2D eigenvalue weighted by Gasteiger charge is -2.26. The van der Waals surface area contributed by atoms with Gasteiger partial charge in [0.25, 0.3) is 0 Å². The molecule has 0 spiro atoms. The zero-order chi connectivity index (χ0) is 13.0. The predicted molar refractivity (Wildman–Crippen MR) is 66.9 cm³/mol. The number of amides is 1. The van der Waals surface area contributed by atoms with Gasteiger partial charge in [-0.25, -0.2) is 9.97 Å². The van der Waals surface area contributed by atoms with Crippen LogP contribution in [0.5, 0.6) is 0 Å². The average molecular weight is 250 g/mol. The van der Waals surface area contributed by atoms with Gasteiger partial charge in [-0.15, -0.1) is 0 Å². The summed E-state index contributed by atoms with van der Waals surface area (Å²) in [5, 5.41) is 2.74. The van der Waals surface area contributed by atoms with Gasteiger partial charge in [-0.1, -0.05) is 0 Å². The van der Waals surface area contributed by atoms with Crippen LogP contribution in [0.25, 0.3) is 0 Å². The number of carbonyl (C=O) groups excluding carboxylic acids is 1. The number of hydrogen-bond acceptors (Lipinski definition) is 5. The first-order valence-corrected chi connectivity index (χ1v) is 6.09. The minimum absolute atomic E-state index is 0.185. The maximum atomic E-state index is 12.0. The number of rotatable bonds is 3. The van der Waals surface area contributed by atoms with Gasteiger partial charge in [0.05, 0.1) is 24.1 Å². The van der Waals surface area contributed by atoms with E-state index in [1.165, 1.54) is 0 Å². The topological polar surface area (TPSA) is 90.1 Å². The Morgan fingerprint density at radius 3 is 2.67 bits per heavy atom. The SMILES string of the molecule is Cc1ncc(NC(=O)C(N)C2CCOCC2)cn1. The fourth-order valence-corrected chi connectivity index (χ4v) is 1.97. The van der Waals surface area contributed by atoms with E-state index in [1.54, 1.807) is 19.3 Å². The van der Waals surface area contributed by atoms with E-state index in [0.29, 0.717) is 24.7 Å². The molecule has 6 nitrogen and oxygen atoms in total. The summed E-state index contributed by atoms with van der Waals surface area (Å²) in [4.78, 5) is 20.0. The summed E-state index contributed by atoms with van der Waals surface area (Å²) in [6, 6.07) is -0.504. The quantitative estimate of drug-likeness (QED) is 0.814. The highest BCUT2D eigenvalue weighted by atomic mass is 16.5. The molecular formula is C12H18N4O2. The van der Waals surface area contributed by atoms with Gasteiger partial charge in [-0.3, -0.25) is 4.79 Å². The van der Waals surface area contributed by atoms with E-state index in [1.807, 2.05) is 0 Å². The van der Waals surface area contributed by atoms with Crippen molar-refractivity contribution in [2.75, 3.05) is 18.5 Å². The highest BCUT2D eigenvalue weighted by Gasteiger charge is 2.26. The highest BCUT2D eigenvalue weighted by molar-refractivity contribution is 5.94. The van der Waals surface area contributed by atoms with Crippen LogP contribution in [0.2, 0.25) is 0 Å². The molecule has 1 aromatic rings. The molecule has 1 amide bonds. The molecule has 0 radical (unpaired) electrons. The summed E-state index contributed by atoms with van der Waals surface area (Å²) in [6.45, 7) is 3.15. The molecule has 1 aliphatic rings. The maximum absolute atomic E-state index is 12.0. The third-order valence-corrected chi connectivity index (χ3v) is 3.13. The first-order chi connectivity index (χ1) is 8.66. The van der Waals surface area contributed by atoms with Crippen LogP contribution < -0.4 is 11.1 Å². The Balaban J connectivity index is 1.92. The van der Waals surface area contributed by atoms with Crippen LogP contribution in [-0.2, 0) is 9.53 Å². The Hall–Kier alpha value is -1.53. The van der Waals surface area contributed by atoms with Crippen molar-refractivity contribution in [1.29, 1.82) is 0 Å². The molecule has 1 saturated heterocycles. The molecule has 0 aliphatic carbocycles. The van der Waals surface area contributed by atoms with Crippen molar-refractivity contribution < 1.29 is 9.53 Å². The van der Waals surface area contributed by atoms with E-state index < -0.39 is 6.04 Å². The molecule has 0 bridgehead atoms. The summed E-state index contributed by atoms with van der Waals surface area (Å²) in [6.07, 6.45) is 4.83. The van der Waals surface area contributed by atoms with E-state index >= 15 is 0 Å². The molecule has 1 aliphatic heterocycles. The molecule has 1 fully saturated rings. The van der Waals surface area contributed by atoms with Crippen LogP contribution in [0.3, 0.4) is 0 Å². The lowest BCUT2D eigenvalue weighted by atomic mass is 9.92. The monoisotopic (exact) mass is 250 g/mol. The third kappa shape index (κ3) is 3.24. The van der Waals surface area contributed by atoms with E-state index in [4.69, 9.17) is 10.5 Å². The molecular weight excluding hydrogens is 232 g/mol. The first-order valence-electron chi connectivity index (χ1n) is 6.09. The molecule has 6 heteroatoms. The van der Waals surface area contributed by atoms with Crippen LogP contribution in [0.1, 0.15) is 18.7 Å². The fraction of sp³-hybridized carbons (Fsp3) is 0.583. The van der Waals surface area contributed by atoms with Gasteiger partial charge >= 0.3 is 0 Å². The standard InChI is InChI=1S/C12H18N4O2/c1-8-14-6-10(7-15-8)16-12(17)11(13)9-2-4-18-5-3-9/h6-7,9,11H,2-5,13H2,1H3,(H,16,17). The molecule has 1 atom stereocenters. The van der Waals surface area contributed by atoms with E-state index in [9.17, 15) is 4.79 Å². The second kappa shape index (κ2) is 5.88. The van der Waals surface area contributed by atoms with Crippen LogP contribution in [0.15, 0.2) is 12.4 Å². The number of hydrogen-bond donors (Lipinski definition) is 2. The molecule has 0 aromatic carbocycles. The summed E-state index contributed by atoms with van der Waals surface area (Å²) >= 11 is 0. The van der Waals surface area contributed by atoms with Gasteiger partial charge in [0.1, 0.15) is 5.82 Å². The van der Waals surface area contributed by atoms with Gasteiger partial charge in [-0.2, -0.15) is 0 Å². The Morgan fingerprint density at radius 1 is 1.44 bits per heavy atom. The van der Waals surface area contributed by atoms with E-state index in [-0.39, 0.29) is 11.8 Å². The largest absolute Gasteiger partial charge is 0.381 e. The molecule has 18 heavy (non-hydrogen) atoms. The second-order valence-corrected chi connectivity index (χ2v) is 4.48. The first kappa shape index (κ1) is 12.9. The van der Waals surface area contributed by atoms with Crippen LogP contribution >= 0.6 is 0 Å². The highest BCUT2D eigenvalue weighted by Crippen LogP contribution is 2.18. The molecule has 2 rings (SSSR count). The predicted octanol–water partition coefficient (Wildman–Crippen LogP) is 0.477. The van der Waals surface area contributed by atoms with Crippen LogP contribution in [0.4, 0.5) is 5.69 Å². The fourth-order valence-electron chi connectivity index (χ4n) is 1.97. The molecule has 3 N–H and O–H groups in total. The summed E-state index contributed by atoms with van der Waals surface area (Å²) in [5.74, 6) is 0.668. The lowest BCUT2D eigenvalue weighted by molar-refractivity contribution is -0.119. The van der Waals surface area contributed by atoms with Gasteiger partial charge in [0.2, 0.25) is 5.91 Å². The number of aromatic nitrogens is 2. The Bertz CT molecular complexity index is 401. The number of ether oxygens (including phenoxy) is 1. The van der Waals surface area contributed by atoms with Crippen molar-refractivity contribution in [3.8, 4) is 0 Å². The van der Waals surface area contributed by atoms with E-state index in [0.717, 1.165) is 12.8 Å². The maximum Gasteiger partial charge on any atom is 0.241 e. The number of nitrogens with two attached hydrogens (primary N) is 1. The van der Waals surface area contributed by atoms with Crippen molar-refractivity contribution in [2.45, 2.75) is 25.8 Å². The van der Waals surface area contributed by atoms with Crippen molar-refractivity contribution in [2.24, 2.45) is 11.7 Å². The Morgan fingerprint density at radius 2 is 2.06 bits per heavy atom. The Labute approximate surface area is 106 Å². The second-order valence-electron chi connectivity index (χ2n) is 4.48. The molecule has 2 heterocycles. The van der Waals surface area contributed by atoms with Crippen molar-refractivity contribution in [1.82, 2.24) is 9.97 Å². The molecule has 1 aromatic heterocycles. The van der Waals surface area contributed by atoms with Gasteiger partial charge in [0.15, 0.2) is 0 Å². The molecule has 1 unspecified atom stereocenters. The minimum atomic E-state index is -0.504. The number of nitrogens with one attached hydrogen (secondary N) is 1. The van der Waals surface area contributed by atoms with Crippen molar-refractivity contribution >= 4 is 11.6 Å². The van der Waals surface area contributed by atoms with Gasteiger partial charge < -0.3 is 15.8 Å². The summed E-state index contributed by atoms with van der Waals surface area (Å²) < 4.78 is 5.25. The average Bonchev–Trinajstić information content (AvgIpc) is 2.41. The van der Waals surface area contributed by atoms with Crippen LogP contribution in [-0.4, -0.2) is 35.1 Å². The van der Waals surface area contributed by atoms with Gasteiger partial charge in [0, 0.05) is 13.2 Å². The van der Waals surface area contributed by atoms with Crippen LogP contribution in [0, 0.1) is 12.8 Å². The normalized spacial score (nSPS) is 18.3.